The Morgan fingerprint density at radius 3 is 2.24 bits per heavy atom. The molecule has 6 atom stereocenters. The fourth-order valence-electron chi connectivity index (χ4n) is 6.22. The molecule has 33 heavy (non-hydrogen) atoms. The highest BCUT2D eigenvalue weighted by atomic mass is 16.6. The van der Waals surface area contributed by atoms with Crippen LogP contribution in [0.5, 0.6) is 0 Å². The maximum Gasteiger partial charge on any atom is 0.269 e. The molecule has 2 heterocycles. The number of anilines is 1. The number of nitrogens with zero attached hydrogens (tertiary/aromatic N) is 3. The molecule has 0 radical (unpaired) electrons. The van der Waals surface area contributed by atoms with E-state index in [2.05, 4.69) is 5.16 Å². The zero-order valence-electron chi connectivity index (χ0n) is 17.6. The highest BCUT2D eigenvalue weighted by molar-refractivity contribution is 6.23. The predicted molar refractivity (Wildman–Crippen MR) is 116 cm³/mol. The van der Waals surface area contributed by atoms with E-state index < -0.39 is 16.8 Å². The third-order valence-electron chi connectivity index (χ3n) is 7.60. The summed E-state index contributed by atoms with van der Waals surface area (Å²) in [4.78, 5) is 55.9. The fraction of sp³-hybridized carbons (Fsp3) is 0.333. The number of oxime groups is 1. The van der Waals surface area contributed by atoms with Crippen molar-refractivity contribution >= 4 is 34.7 Å². The number of Topliss-reactive ketones (excluding diaryl/α,β-unsaturated/α-hetero) is 1. The van der Waals surface area contributed by atoms with Gasteiger partial charge in [0.1, 0.15) is 6.10 Å². The van der Waals surface area contributed by atoms with E-state index in [1.54, 1.807) is 36.4 Å². The molecule has 0 spiro atoms. The molecule has 9 nitrogen and oxygen atoms in total. The number of carbonyl (C=O) groups is 3. The first-order valence-corrected chi connectivity index (χ1v) is 10.8. The molecular weight excluding hydrogens is 426 g/mol. The lowest BCUT2D eigenvalue weighted by molar-refractivity contribution is -0.384. The molecule has 2 aromatic rings. The number of non-ortho nitro benzene ring substituents is 1. The highest BCUT2D eigenvalue weighted by Gasteiger charge is 2.70. The Bertz CT molecular complexity index is 1250. The van der Waals surface area contributed by atoms with E-state index in [1.807, 2.05) is 0 Å². The Kier molecular flexibility index (Phi) is 4.08. The van der Waals surface area contributed by atoms with Crippen LogP contribution in [0.2, 0.25) is 0 Å². The molecule has 4 aliphatic rings. The second kappa shape index (κ2) is 6.81. The standard InChI is InChI=1S/C24H19N3O6/c1-11(28)12-2-6-14(7-3-12)26-23(29)18-16-10-17(19(18)24(26)30)22-20(16)21(25-33-22)13-4-8-15(9-5-13)27(31)32/h2-9,16-20,22H,10H2,1H3. The van der Waals surface area contributed by atoms with Gasteiger partial charge in [-0.2, -0.15) is 0 Å². The van der Waals surface area contributed by atoms with Gasteiger partial charge in [-0.3, -0.25) is 29.4 Å². The van der Waals surface area contributed by atoms with Crippen molar-refractivity contribution in [1.82, 2.24) is 0 Å². The van der Waals surface area contributed by atoms with Crippen molar-refractivity contribution in [3.05, 3.63) is 69.8 Å². The van der Waals surface area contributed by atoms with Crippen LogP contribution in [-0.4, -0.2) is 34.3 Å². The van der Waals surface area contributed by atoms with Gasteiger partial charge in [-0.1, -0.05) is 5.16 Å². The third kappa shape index (κ3) is 2.65. The third-order valence-corrected chi connectivity index (χ3v) is 7.60. The van der Waals surface area contributed by atoms with Crippen LogP contribution in [-0.2, 0) is 14.4 Å². The van der Waals surface area contributed by atoms with Gasteiger partial charge in [-0.15, -0.1) is 0 Å². The van der Waals surface area contributed by atoms with E-state index in [9.17, 15) is 24.5 Å². The Labute approximate surface area is 188 Å². The summed E-state index contributed by atoms with van der Waals surface area (Å²) in [5.41, 5.74) is 2.39. The van der Waals surface area contributed by atoms with Crippen molar-refractivity contribution in [3.8, 4) is 0 Å². The number of hydrogen-bond acceptors (Lipinski definition) is 7. The minimum absolute atomic E-state index is 0.00850. The normalized spacial score (nSPS) is 31.3. The topological polar surface area (TPSA) is 119 Å². The van der Waals surface area contributed by atoms with Gasteiger partial charge in [0.2, 0.25) is 11.8 Å². The summed E-state index contributed by atoms with van der Waals surface area (Å²) in [7, 11) is 0. The molecule has 6 unspecified atom stereocenters. The molecule has 2 bridgehead atoms. The van der Waals surface area contributed by atoms with Gasteiger partial charge in [-0.25, -0.2) is 0 Å². The van der Waals surface area contributed by atoms with Gasteiger partial charge in [0, 0.05) is 35.1 Å². The van der Waals surface area contributed by atoms with E-state index in [4.69, 9.17) is 4.84 Å². The number of ketones is 1. The number of carbonyl (C=O) groups excluding carboxylic acids is 3. The molecule has 9 heteroatoms. The van der Waals surface area contributed by atoms with Crippen molar-refractivity contribution in [2.24, 2.45) is 34.7 Å². The van der Waals surface area contributed by atoms with Crippen LogP contribution in [0.25, 0.3) is 0 Å². The van der Waals surface area contributed by atoms with Gasteiger partial charge in [0.25, 0.3) is 5.69 Å². The minimum atomic E-state index is -0.456. The molecule has 2 saturated carbocycles. The van der Waals surface area contributed by atoms with E-state index in [0.717, 1.165) is 5.56 Å². The van der Waals surface area contributed by atoms with E-state index >= 15 is 0 Å². The van der Waals surface area contributed by atoms with Crippen LogP contribution in [0, 0.1) is 39.7 Å². The molecule has 3 fully saturated rings. The largest absolute Gasteiger partial charge is 0.391 e. The Hall–Kier alpha value is -3.88. The van der Waals surface area contributed by atoms with Crippen LogP contribution in [0.15, 0.2) is 53.7 Å². The molecule has 2 aliphatic heterocycles. The summed E-state index contributed by atoms with van der Waals surface area (Å²) in [6.45, 7) is 1.46. The second-order valence-electron chi connectivity index (χ2n) is 9.11. The lowest BCUT2D eigenvalue weighted by Gasteiger charge is -2.29. The van der Waals surface area contributed by atoms with Crippen molar-refractivity contribution < 1.29 is 24.1 Å². The van der Waals surface area contributed by atoms with Crippen LogP contribution in [0.4, 0.5) is 11.4 Å². The van der Waals surface area contributed by atoms with Crippen molar-refractivity contribution in [1.29, 1.82) is 0 Å². The minimum Gasteiger partial charge on any atom is -0.391 e. The van der Waals surface area contributed by atoms with Crippen LogP contribution < -0.4 is 4.90 Å². The quantitative estimate of drug-likeness (QED) is 0.309. The van der Waals surface area contributed by atoms with Crippen molar-refractivity contribution in [3.63, 3.8) is 0 Å². The number of rotatable bonds is 4. The average Bonchev–Trinajstić information content (AvgIpc) is 3.54. The van der Waals surface area contributed by atoms with E-state index in [1.165, 1.54) is 24.0 Å². The smallest absolute Gasteiger partial charge is 0.269 e. The monoisotopic (exact) mass is 445 g/mol. The Balaban J connectivity index is 1.30. The number of imide groups is 1. The lowest BCUT2D eigenvalue weighted by Crippen LogP contribution is -2.41. The number of fused-ring (bicyclic) bond motifs is 8. The van der Waals surface area contributed by atoms with Gasteiger partial charge < -0.3 is 4.84 Å². The first-order valence-electron chi connectivity index (χ1n) is 10.8. The van der Waals surface area contributed by atoms with Crippen LogP contribution >= 0.6 is 0 Å². The fourth-order valence-corrected chi connectivity index (χ4v) is 6.22. The molecular formula is C24H19N3O6. The zero-order chi connectivity index (χ0) is 23.0. The summed E-state index contributed by atoms with van der Waals surface area (Å²) >= 11 is 0. The van der Waals surface area contributed by atoms with Crippen LogP contribution in [0.1, 0.15) is 29.3 Å². The number of nitro benzene ring substituents is 1. The summed E-state index contributed by atoms with van der Waals surface area (Å²) in [6, 6.07) is 12.7. The van der Waals surface area contributed by atoms with Crippen LogP contribution in [0.3, 0.4) is 0 Å². The van der Waals surface area contributed by atoms with Gasteiger partial charge in [0.15, 0.2) is 5.78 Å². The second-order valence-corrected chi connectivity index (χ2v) is 9.11. The summed E-state index contributed by atoms with van der Waals surface area (Å²) in [6.07, 6.45) is 0.434. The molecule has 2 aliphatic carbocycles. The van der Waals surface area contributed by atoms with Gasteiger partial charge >= 0.3 is 0 Å². The summed E-state index contributed by atoms with van der Waals surface area (Å²) in [5.74, 6) is -1.74. The molecule has 0 N–H and O–H groups in total. The molecule has 1 saturated heterocycles. The van der Waals surface area contributed by atoms with E-state index in [0.29, 0.717) is 23.4 Å². The molecule has 2 aromatic carbocycles. The van der Waals surface area contributed by atoms with E-state index in [-0.39, 0.29) is 47.1 Å². The zero-order valence-corrected chi connectivity index (χ0v) is 17.6. The molecule has 2 amide bonds. The molecule has 6 rings (SSSR count). The lowest BCUT2D eigenvalue weighted by atomic mass is 9.71. The Morgan fingerprint density at radius 1 is 1.00 bits per heavy atom. The first kappa shape index (κ1) is 19.8. The molecule has 166 valence electrons. The predicted octanol–water partition coefficient (Wildman–Crippen LogP) is 2.97. The van der Waals surface area contributed by atoms with Crippen molar-refractivity contribution in [2.75, 3.05) is 4.90 Å². The SMILES string of the molecule is CC(=O)c1ccc(N2C(=O)C3C4CC(C5C(c6ccc([N+](=O)[O-])cc6)=NOC45)C3C2=O)cc1. The number of hydrogen-bond donors (Lipinski definition) is 0. The number of benzene rings is 2. The summed E-state index contributed by atoms with van der Waals surface area (Å²) < 4.78 is 0. The average molecular weight is 445 g/mol. The maximum atomic E-state index is 13.4. The Morgan fingerprint density at radius 2 is 1.64 bits per heavy atom. The first-order chi connectivity index (χ1) is 15.9. The molecule has 0 aromatic heterocycles. The maximum absolute atomic E-state index is 13.4. The van der Waals surface area contributed by atoms with Gasteiger partial charge in [-0.05, 0) is 55.7 Å². The highest BCUT2D eigenvalue weighted by Crippen LogP contribution is 2.62. The number of nitro groups is 1. The van der Waals surface area contributed by atoms with Crippen molar-refractivity contribution in [2.45, 2.75) is 19.4 Å². The number of amides is 2. The summed E-state index contributed by atoms with van der Waals surface area (Å²) in [5, 5.41) is 15.2. The van der Waals surface area contributed by atoms with Gasteiger partial charge in [0.05, 0.1) is 28.2 Å².